The molecule has 0 aliphatic carbocycles. The third-order valence-corrected chi connectivity index (χ3v) is 6.16. The first-order valence-corrected chi connectivity index (χ1v) is 11.5. The van der Waals surface area contributed by atoms with E-state index in [4.69, 9.17) is 25.8 Å². The molecule has 1 aromatic carbocycles. The Labute approximate surface area is 223 Å². The Morgan fingerprint density at radius 3 is 2.81 bits per heavy atom. The topological polar surface area (TPSA) is 141 Å². The number of rotatable bonds is 9. The fourth-order valence-corrected chi connectivity index (χ4v) is 3.82. The minimum absolute atomic E-state index is 0.0569. The summed E-state index contributed by atoms with van der Waals surface area (Å²) in [4.78, 5) is 32.5. The first-order valence-electron chi connectivity index (χ1n) is 10.4. The monoisotopic (exact) mass is 592 g/mol. The van der Waals surface area contributed by atoms with Crippen LogP contribution in [0.2, 0.25) is 5.28 Å². The number of benzene rings is 1. The van der Waals surface area contributed by atoms with Gasteiger partial charge in [-0.3, -0.25) is 9.59 Å². The molecule has 0 bridgehead atoms. The molecule has 0 aliphatic heterocycles. The van der Waals surface area contributed by atoms with E-state index in [0.717, 1.165) is 10.8 Å². The van der Waals surface area contributed by atoms with Gasteiger partial charge in [0.1, 0.15) is 18.2 Å². The molecule has 192 valence electrons. The van der Waals surface area contributed by atoms with Crippen LogP contribution in [0.4, 0.5) is 4.39 Å². The van der Waals surface area contributed by atoms with Crippen molar-refractivity contribution >= 4 is 39.7 Å². The van der Waals surface area contributed by atoms with Crippen LogP contribution in [0.1, 0.15) is 22.4 Å². The second-order valence-electron chi connectivity index (χ2n) is 7.29. The zero-order chi connectivity index (χ0) is 27.1. The SMILES string of the molecule is COCc1c(Br)c(C)n(CC(=O)N/N=C/c2ccc(OC)c(Oc3nc(Cl)ncc3F)c2)c(=O)c1C#N. The van der Waals surface area contributed by atoms with Gasteiger partial charge in [0.2, 0.25) is 11.1 Å². The van der Waals surface area contributed by atoms with Crippen LogP contribution in [-0.4, -0.2) is 40.9 Å². The lowest BCUT2D eigenvalue weighted by molar-refractivity contribution is -0.121. The number of ether oxygens (including phenoxy) is 3. The molecule has 1 N–H and O–H groups in total. The van der Waals surface area contributed by atoms with Crippen LogP contribution in [0.15, 0.2) is 38.8 Å². The molecular formula is C23H19BrClFN6O5. The number of pyridine rings is 1. The second-order valence-corrected chi connectivity index (χ2v) is 8.42. The molecule has 1 amide bonds. The van der Waals surface area contributed by atoms with Crippen LogP contribution in [0.25, 0.3) is 0 Å². The Morgan fingerprint density at radius 2 is 2.14 bits per heavy atom. The summed E-state index contributed by atoms with van der Waals surface area (Å²) in [5.41, 5.74) is 2.89. The largest absolute Gasteiger partial charge is 0.493 e. The summed E-state index contributed by atoms with van der Waals surface area (Å²) in [6.45, 7) is 1.31. The first kappa shape index (κ1) is 27.7. The quantitative estimate of drug-likeness (QED) is 0.226. The number of carbonyl (C=O) groups excluding carboxylic acids is 1. The summed E-state index contributed by atoms with van der Waals surface area (Å²) in [7, 11) is 2.85. The molecule has 14 heteroatoms. The molecule has 2 aromatic heterocycles. The summed E-state index contributed by atoms with van der Waals surface area (Å²) < 4.78 is 31.4. The van der Waals surface area contributed by atoms with Gasteiger partial charge in [-0.2, -0.15) is 19.7 Å². The van der Waals surface area contributed by atoms with Gasteiger partial charge in [0, 0.05) is 22.8 Å². The number of hydrogen-bond acceptors (Lipinski definition) is 9. The zero-order valence-electron chi connectivity index (χ0n) is 19.7. The molecule has 0 aliphatic rings. The van der Waals surface area contributed by atoms with E-state index in [-0.39, 0.29) is 35.5 Å². The smallest absolute Gasteiger partial charge is 0.269 e. The van der Waals surface area contributed by atoms with Crippen molar-refractivity contribution in [1.29, 1.82) is 5.26 Å². The van der Waals surface area contributed by atoms with Crippen molar-refractivity contribution < 1.29 is 23.4 Å². The summed E-state index contributed by atoms with van der Waals surface area (Å²) in [6, 6.07) is 6.51. The van der Waals surface area contributed by atoms with Gasteiger partial charge in [0.15, 0.2) is 11.5 Å². The molecular weight excluding hydrogens is 575 g/mol. The number of hydrogen-bond donors (Lipinski definition) is 1. The average Bonchev–Trinajstić information content (AvgIpc) is 2.88. The number of aromatic nitrogens is 3. The average molecular weight is 594 g/mol. The van der Waals surface area contributed by atoms with E-state index in [1.54, 1.807) is 19.1 Å². The molecule has 11 nitrogen and oxygen atoms in total. The standard InChI is InChI=1S/C23H19BrClFN6O5/c1-12-20(24)15(11-35-2)14(7-27)22(34)32(12)10-19(33)31-29-8-13-4-5-17(36-3)18(6-13)37-21-16(26)9-28-23(25)30-21/h4-6,8-9H,10-11H2,1-3H3,(H,31,33)/b29-8+. The third kappa shape index (κ3) is 6.48. The van der Waals surface area contributed by atoms with E-state index in [1.165, 1.54) is 26.5 Å². The highest BCUT2D eigenvalue weighted by atomic mass is 79.9. The third-order valence-electron chi connectivity index (χ3n) is 4.93. The minimum Gasteiger partial charge on any atom is -0.493 e. The van der Waals surface area contributed by atoms with Gasteiger partial charge in [-0.05, 0) is 58.2 Å². The van der Waals surface area contributed by atoms with Gasteiger partial charge in [0.25, 0.3) is 17.3 Å². The normalized spacial score (nSPS) is 10.8. The van der Waals surface area contributed by atoms with Crippen molar-refractivity contribution in [2.75, 3.05) is 14.2 Å². The summed E-state index contributed by atoms with van der Waals surface area (Å²) >= 11 is 9.07. The van der Waals surface area contributed by atoms with E-state index in [2.05, 4.69) is 36.4 Å². The number of nitriles is 1. The predicted molar refractivity (Wildman–Crippen MR) is 134 cm³/mol. The van der Waals surface area contributed by atoms with Crippen LogP contribution in [0.3, 0.4) is 0 Å². The van der Waals surface area contributed by atoms with Gasteiger partial charge in [-0.15, -0.1) is 0 Å². The van der Waals surface area contributed by atoms with Gasteiger partial charge < -0.3 is 18.8 Å². The number of carbonyl (C=O) groups is 1. The van der Waals surface area contributed by atoms with Crippen LogP contribution >= 0.6 is 27.5 Å². The van der Waals surface area contributed by atoms with E-state index in [0.29, 0.717) is 21.3 Å². The lowest BCUT2D eigenvalue weighted by Crippen LogP contribution is -2.33. The second kappa shape index (κ2) is 12.4. The Balaban J connectivity index is 1.77. The maximum Gasteiger partial charge on any atom is 0.269 e. The maximum absolute atomic E-state index is 14.0. The Hall–Kier alpha value is -3.86. The van der Waals surface area contributed by atoms with Crippen LogP contribution in [-0.2, 0) is 22.7 Å². The fraction of sp³-hybridized carbons (Fsp3) is 0.217. The molecule has 0 saturated carbocycles. The number of nitrogens with zero attached hydrogens (tertiary/aromatic N) is 5. The highest BCUT2D eigenvalue weighted by molar-refractivity contribution is 9.10. The van der Waals surface area contributed by atoms with Crippen LogP contribution < -0.4 is 20.5 Å². The fourth-order valence-electron chi connectivity index (χ4n) is 3.17. The van der Waals surface area contributed by atoms with Crippen LogP contribution in [0.5, 0.6) is 17.4 Å². The van der Waals surface area contributed by atoms with Crippen molar-refractivity contribution in [2.45, 2.75) is 20.1 Å². The van der Waals surface area contributed by atoms with Crippen molar-refractivity contribution in [3.63, 3.8) is 0 Å². The van der Waals surface area contributed by atoms with Gasteiger partial charge >= 0.3 is 0 Å². The number of nitrogens with one attached hydrogen (secondary N) is 1. The predicted octanol–water partition coefficient (Wildman–Crippen LogP) is 3.47. The molecule has 0 radical (unpaired) electrons. The van der Waals surface area contributed by atoms with Gasteiger partial charge in [-0.25, -0.2) is 10.4 Å². The van der Waals surface area contributed by atoms with Crippen molar-refractivity contribution in [1.82, 2.24) is 20.0 Å². The summed E-state index contributed by atoms with van der Waals surface area (Å²) in [5.74, 6) is -1.45. The van der Waals surface area contributed by atoms with Crippen molar-refractivity contribution in [3.05, 3.63) is 72.7 Å². The Bertz CT molecular complexity index is 1470. The molecule has 3 rings (SSSR count). The lowest BCUT2D eigenvalue weighted by Gasteiger charge is -2.15. The van der Waals surface area contributed by atoms with Crippen molar-refractivity contribution in [3.8, 4) is 23.4 Å². The highest BCUT2D eigenvalue weighted by Gasteiger charge is 2.19. The van der Waals surface area contributed by atoms with Gasteiger partial charge in [0.05, 0.1) is 26.1 Å². The lowest BCUT2D eigenvalue weighted by atomic mass is 10.1. The molecule has 0 fully saturated rings. The minimum atomic E-state index is -0.829. The van der Waals surface area contributed by atoms with Crippen LogP contribution in [0, 0.1) is 24.1 Å². The first-order chi connectivity index (χ1) is 17.7. The number of hydrazone groups is 1. The molecule has 0 saturated heterocycles. The Kier molecular flexibility index (Phi) is 9.29. The molecule has 0 unspecified atom stereocenters. The maximum atomic E-state index is 14.0. The summed E-state index contributed by atoms with van der Waals surface area (Å²) in [6.07, 6.45) is 2.18. The number of halogens is 3. The molecule has 0 atom stereocenters. The highest BCUT2D eigenvalue weighted by Crippen LogP contribution is 2.32. The molecule has 0 spiro atoms. The molecule has 3 aromatic rings. The summed E-state index contributed by atoms with van der Waals surface area (Å²) in [5, 5.41) is 13.1. The van der Waals surface area contributed by atoms with E-state index < -0.39 is 23.2 Å². The van der Waals surface area contributed by atoms with E-state index in [1.807, 2.05) is 6.07 Å². The zero-order valence-corrected chi connectivity index (χ0v) is 22.1. The van der Waals surface area contributed by atoms with Gasteiger partial charge in [-0.1, -0.05) is 0 Å². The van der Waals surface area contributed by atoms with Crippen molar-refractivity contribution in [2.24, 2.45) is 5.10 Å². The number of methoxy groups -OCH3 is 2. The van der Waals surface area contributed by atoms with E-state index in [9.17, 15) is 19.2 Å². The molecule has 2 heterocycles. The van der Waals surface area contributed by atoms with E-state index >= 15 is 0 Å². The number of amides is 1. The molecule has 37 heavy (non-hydrogen) atoms. The Morgan fingerprint density at radius 1 is 1.38 bits per heavy atom.